The van der Waals surface area contributed by atoms with E-state index in [9.17, 15) is 9.59 Å². The SMILES string of the molecule is CCC(=O)N1CCC[C@@H](C(=O)NCCCc2nc3ccccc3n2C)C1. The van der Waals surface area contributed by atoms with Crippen LogP contribution in [0.1, 0.15) is 38.4 Å². The molecule has 6 heteroatoms. The molecule has 0 spiro atoms. The smallest absolute Gasteiger partial charge is 0.224 e. The Bertz CT molecular complexity index is 783. The highest BCUT2D eigenvalue weighted by Gasteiger charge is 2.27. The fraction of sp³-hybridized carbons (Fsp3) is 0.550. The summed E-state index contributed by atoms with van der Waals surface area (Å²) in [5.74, 6) is 1.18. The number of amides is 2. The van der Waals surface area contributed by atoms with E-state index in [0.717, 1.165) is 49.1 Å². The van der Waals surface area contributed by atoms with E-state index >= 15 is 0 Å². The van der Waals surface area contributed by atoms with Gasteiger partial charge in [-0.2, -0.15) is 0 Å². The van der Waals surface area contributed by atoms with E-state index in [-0.39, 0.29) is 17.7 Å². The highest BCUT2D eigenvalue weighted by Crippen LogP contribution is 2.18. The molecule has 1 aromatic heterocycles. The Morgan fingerprint density at radius 1 is 1.31 bits per heavy atom. The molecule has 1 aliphatic rings. The van der Waals surface area contributed by atoms with Gasteiger partial charge >= 0.3 is 0 Å². The van der Waals surface area contributed by atoms with Crippen molar-refractivity contribution in [2.45, 2.75) is 39.0 Å². The van der Waals surface area contributed by atoms with Crippen LogP contribution < -0.4 is 5.32 Å². The number of piperidine rings is 1. The summed E-state index contributed by atoms with van der Waals surface area (Å²) in [5, 5.41) is 3.04. The summed E-state index contributed by atoms with van der Waals surface area (Å²) in [7, 11) is 2.03. The third kappa shape index (κ3) is 4.06. The average molecular weight is 356 g/mol. The Balaban J connectivity index is 1.46. The lowest BCUT2D eigenvalue weighted by Gasteiger charge is -2.31. The molecule has 1 fully saturated rings. The Kier molecular flexibility index (Phi) is 5.91. The molecule has 6 nitrogen and oxygen atoms in total. The standard InChI is InChI=1S/C20H28N4O2/c1-3-19(25)24-13-7-8-15(14-24)20(26)21-12-6-11-18-22-16-9-4-5-10-17(16)23(18)2/h4-5,9-10,15H,3,6-8,11-14H2,1-2H3,(H,21,26)/t15-/m1/s1. The van der Waals surface area contributed by atoms with E-state index < -0.39 is 0 Å². The molecule has 1 aliphatic heterocycles. The number of para-hydroxylation sites is 2. The molecule has 2 aromatic rings. The van der Waals surface area contributed by atoms with E-state index in [4.69, 9.17) is 0 Å². The largest absolute Gasteiger partial charge is 0.356 e. The van der Waals surface area contributed by atoms with E-state index in [1.807, 2.05) is 37.1 Å². The third-order valence-electron chi connectivity index (χ3n) is 5.20. The Morgan fingerprint density at radius 3 is 2.88 bits per heavy atom. The van der Waals surface area contributed by atoms with Crippen molar-refractivity contribution in [3.8, 4) is 0 Å². The number of nitrogens with one attached hydrogen (secondary N) is 1. The fourth-order valence-electron chi connectivity index (χ4n) is 3.66. The first kappa shape index (κ1) is 18.4. The van der Waals surface area contributed by atoms with E-state index in [1.165, 1.54) is 0 Å². The van der Waals surface area contributed by atoms with Gasteiger partial charge < -0.3 is 14.8 Å². The monoisotopic (exact) mass is 356 g/mol. The van der Waals surface area contributed by atoms with Gasteiger partial charge in [0.15, 0.2) is 0 Å². The molecular weight excluding hydrogens is 328 g/mol. The van der Waals surface area contributed by atoms with Crippen molar-refractivity contribution in [1.29, 1.82) is 0 Å². The predicted molar refractivity (Wildman–Crippen MR) is 102 cm³/mol. The first-order chi connectivity index (χ1) is 12.6. The highest BCUT2D eigenvalue weighted by molar-refractivity contribution is 5.81. The average Bonchev–Trinajstić information content (AvgIpc) is 3.00. The molecule has 1 aromatic carbocycles. The molecular formula is C20H28N4O2. The first-order valence-electron chi connectivity index (χ1n) is 9.56. The van der Waals surface area contributed by atoms with Gasteiger partial charge in [0.2, 0.25) is 11.8 Å². The lowest BCUT2D eigenvalue weighted by Crippen LogP contribution is -2.45. The number of fused-ring (bicyclic) bond motifs is 1. The Morgan fingerprint density at radius 2 is 2.12 bits per heavy atom. The quantitative estimate of drug-likeness (QED) is 0.808. The number of aromatic nitrogens is 2. The van der Waals surface area contributed by atoms with Crippen molar-refractivity contribution in [1.82, 2.24) is 19.8 Å². The van der Waals surface area contributed by atoms with Gasteiger partial charge in [-0.3, -0.25) is 9.59 Å². The number of benzene rings is 1. The van der Waals surface area contributed by atoms with Crippen molar-refractivity contribution in [3.63, 3.8) is 0 Å². The maximum Gasteiger partial charge on any atom is 0.224 e. The molecule has 140 valence electrons. The summed E-state index contributed by atoms with van der Waals surface area (Å²) in [5.41, 5.74) is 2.14. The van der Waals surface area contributed by atoms with E-state index in [1.54, 1.807) is 0 Å². The molecule has 0 unspecified atom stereocenters. The lowest BCUT2D eigenvalue weighted by atomic mass is 9.97. The molecule has 2 heterocycles. The van der Waals surface area contributed by atoms with Crippen LogP contribution >= 0.6 is 0 Å². The van der Waals surface area contributed by atoms with Crippen LogP contribution in [0.5, 0.6) is 0 Å². The van der Waals surface area contributed by atoms with Crippen LogP contribution in [0.3, 0.4) is 0 Å². The molecule has 0 bridgehead atoms. The lowest BCUT2D eigenvalue weighted by molar-refractivity contribution is -0.135. The molecule has 3 rings (SSSR count). The van der Waals surface area contributed by atoms with Crippen molar-refractivity contribution < 1.29 is 9.59 Å². The van der Waals surface area contributed by atoms with Crippen molar-refractivity contribution in [2.75, 3.05) is 19.6 Å². The van der Waals surface area contributed by atoms with Gasteiger partial charge in [0, 0.05) is 39.5 Å². The van der Waals surface area contributed by atoms with E-state index in [2.05, 4.69) is 20.9 Å². The molecule has 1 saturated heterocycles. The van der Waals surface area contributed by atoms with Crippen LogP contribution in [-0.2, 0) is 23.1 Å². The maximum atomic E-state index is 12.4. The second-order valence-corrected chi connectivity index (χ2v) is 7.00. The van der Waals surface area contributed by atoms with Crippen molar-refractivity contribution >= 4 is 22.8 Å². The van der Waals surface area contributed by atoms with Crippen LogP contribution in [0.4, 0.5) is 0 Å². The number of carbonyl (C=O) groups excluding carboxylic acids is 2. The summed E-state index contributed by atoms with van der Waals surface area (Å²) in [6.45, 7) is 3.85. The molecule has 0 radical (unpaired) electrons. The normalized spacial score (nSPS) is 17.5. The number of rotatable bonds is 6. The molecule has 26 heavy (non-hydrogen) atoms. The van der Waals surface area contributed by atoms with Gasteiger partial charge in [0.25, 0.3) is 0 Å². The summed E-state index contributed by atoms with van der Waals surface area (Å²) in [4.78, 5) is 30.7. The molecule has 2 amide bonds. The number of aryl methyl sites for hydroxylation is 2. The number of nitrogens with zero attached hydrogens (tertiary/aromatic N) is 3. The van der Waals surface area contributed by atoms with Gasteiger partial charge in [-0.25, -0.2) is 4.98 Å². The second-order valence-electron chi connectivity index (χ2n) is 7.00. The third-order valence-corrected chi connectivity index (χ3v) is 5.20. The summed E-state index contributed by atoms with van der Waals surface area (Å²) in [6.07, 6.45) is 3.96. The van der Waals surface area contributed by atoms with Gasteiger partial charge in [-0.05, 0) is 31.4 Å². The predicted octanol–water partition coefficient (Wildman–Crippen LogP) is 2.27. The first-order valence-corrected chi connectivity index (χ1v) is 9.56. The summed E-state index contributed by atoms with van der Waals surface area (Å²) in [6, 6.07) is 8.11. The van der Waals surface area contributed by atoms with E-state index in [0.29, 0.717) is 19.5 Å². The van der Waals surface area contributed by atoms with Crippen LogP contribution in [0.15, 0.2) is 24.3 Å². The second kappa shape index (κ2) is 8.34. The summed E-state index contributed by atoms with van der Waals surface area (Å²) < 4.78 is 2.12. The Hall–Kier alpha value is -2.37. The number of likely N-dealkylation sites (tertiary alicyclic amines) is 1. The zero-order valence-corrected chi connectivity index (χ0v) is 15.7. The van der Waals surface area contributed by atoms with Gasteiger partial charge in [-0.1, -0.05) is 19.1 Å². The number of imidazole rings is 1. The highest BCUT2D eigenvalue weighted by atomic mass is 16.2. The topological polar surface area (TPSA) is 67.2 Å². The number of hydrogen-bond acceptors (Lipinski definition) is 3. The molecule has 1 atom stereocenters. The fourth-order valence-corrected chi connectivity index (χ4v) is 3.66. The number of hydrogen-bond donors (Lipinski definition) is 1. The zero-order valence-electron chi connectivity index (χ0n) is 15.7. The minimum absolute atomic E-state index is 0.0728. The van der Waals surface area contributed by atoms with Crippen LogP contribution in [0, 0.1) is 5.92 Å². The van der Waals surface area contributed by atoms with Crippen molar-refractivity contribution in [2.24, 2.45) is 13.0 Å². The maximum absolute atomic E-state index is 12.4. The Labute approximate surface area is 154 Å². The zero-order chi connectivity index (χ0) is 18.5. The van der Waals surface area contributed by atoms with Crippen molar-refractivity contribution in [3.05, 3.63) is 30.1 Å². The van der Waals surface area contributed by atoms with Crippen LogP contribution in [0.2, 0.25) is 0 Å². The minimum atomic E-state index is -0.0741. The van der Waals surface area contributed by atoms with Crippen LogP contribution in [-0.4, -0.2) is 45.9 Å². The van der Waals surface area contributed by atoms with Gasteiger partial charge in [-0.15, -0.1) is 0 Å². The van der Waals surface area contributed by atoms with Gasteiger partial charge in [0.1, 0.15) is 5.82 Å². The summed E-state index contributed by atoms with van der Waals surface area (Å²) >= 11 is 0. The van der Waals surface area contributed by atoms with Gasteiger partial charge in [0.05, 0.1) is 17.0 Å². The minimum Gasteiger partial charge on any atom is -0.356 e. The van der Waals surface area contributed by atoms with Crippen LogP contribution in [0.25, 0.3) is 11.0 Å². The molecule has 1 N–H and O–H groups in total. The number of carbonyl (C=O) groups is 2. The molecule has 0 aliphatic carbocycles. The molecule has 0 saturated carbocycles.